The average molecular weight is 289 g/mol. The zero-order valence-corrected chi connectivity index (χ0v) is 11.6. The molecule has 0 aliphatic heterocycles. The van der Waals surface area contributed by atoms with E-state index in [1.807, 2.05) is 0 Å². The first kappa shape index (κ1) is 15.4. The number of nitrogens with one attached hydrogen (secondary N) is 2. The van der Waals surface area contributed by atoms with Gasteiger partial charge in [0.15, 0.2) is 11.6 Å². The van der Waals surface area contributed by atoms with Crippen LogP contribution in [0.5, 0.6) is 0 Å². The smallest absolute Gasteiger partial charge is 0.254 e. The third-order valence-corrected chi connectivity index (χ3v) is 3.38. The third kappa shape index (κ3) is 4.82. The number of sulfone groups is 1. The van der Waals surface area contributed by atoms with Crippen molar-refractivity contribution in [3.63, 3.8) is 0 Å². The molecule has 8 heteroatoms. The molecule has 6 nitrogen and oxygen atoms in total. The Balaban J connectivity index is 2.59. The predicted octanol–water partition coefficient (Wildman–Crippen LogP) is 0.427. The fourth-order valence-corrected chi connectivity index (χ4v) is 2.09. The normalized spacial score (nSPS) is 11.1. The van der Waals surface area contributed by atoms with Gasteiger partial charge in [-0.05, 0) is 12.5 Å². The van der Waals surface area contributed by atoms with Crippen molar-refractivity contribution in [2.45, 2.75) is 6.42 Å². The van der Waals surface area contributed by atoms with Gasteiger partial charge in [-0.1, -0.05) is 0 Å². The molecule has 0 aliphatic carbocycles. The van der Waals surface area contributed by atoms with Crippen LogP contribution in [-0.2, 0) is 9.84 Å². The monoisotopic (exact) mass is 289 g/mol. The van der Waals surface area contributed by atoms with E-state index in [0.29, 0.717) is 0 Å². The predicted molar refractivity (Wildman–Crippen MR) is 70.4 cm³/mol. The second-order valence-corrected chi connectivity index (χ2v) is 6.27. The van der Waals surface area contributed by atoms with Crippen molar-refractivity contribution in [1.29, 1.82) is 0 Å². The van der Waals surface area contributed by atoms with Crippen LogP contribution in [0.4, 0.5) is 10.2 Å². The molecular weight excluding hydrogens is 273 g/mol. The molecule has 0 saturated carbocycles. The highest BCUT2D eigenvalue weighted by Crippen LogP contribution is 2.14. The third-order valence-electron chi connectivity index (χ3n) is 2.35. The molecular formula is C11H16FN3O3S. The second kappa shape index (κ2) is 6.46. The van der Waals surface area contributed by atoms with Crippen LogP contribution in [0.2, 0.25) is 0 Å². The van der Waals surface area contributed by atoms with Crippen molar-refractivity contribution in [2.24, 2.45) is 0 Å². The Hall–Kier alpha value is -1.70. The van der Waals surface area contributed by atoms with Gasteiger partial charge in [-0.15, -0.1) is 0 Å². The van der Waals surface area contributed by atoms with E-state index in [1.165, 1.54) is 19.3 Å². The lowest BCUT2D eigenvalue weighted by Gasteiger charge is -2.07. The van der Waals surface area contributed by atoms with E-state index in [1.54, 1.807) is 0 Å². The Morgan fingerprint density at radius 3 is 2.74 bits per heavy atom. The summed E-state index contributed by atoms with van der Waals surface area (Å²) in [6, 6.07) is 1.27. The molecule has 0 bridgehead atoms. The quantitative estimate of drug-likeness (QED) is 0.741. The second-order valence-electron chi connectivity index (χ2n) is 4.01. The summed E-state index contributed by atoms with van der Waals surface area (Å²) in [7, 11) is -1.55. The van der Waals surface area contributed by atoms with Crippen LogP contribution in [0.15, 0.2) is 12.3 Å². The topological polar surface area (TPSA) is 88.2 Å². The van der Waals surface area contributed by atoms with Crippen molar-refractivity contribution in [3.8, 4) is 0 Å². The van der Waals surface area contributed by atoms with E-state index in [9.17, 15) is 17.6 Å². The molecule has 0 spiro atoms. The van der Waals surface area contributed by atoms with Crippen LogP contribution < -0.4 is 10.6 Å². The molecule has 1 aromatic heterocycles. The van der Waals surface area contributed by atoms with Gasteiger partial charge in [-0.2, -0.15) is 0 Å². The molecule has 0 fully saturated rings. The maximum absolute atomic E-state index is 13.7. The summed E-state index contributed by atoms with van der Waals surface area (Å²) in [6.07, 6.45) is 2.73. The molecule has 1 rings (SSSR count). The zero-order valence-electron chi connectivity index (χ0n) is 10.7. The van der Waals surface area contributed by atoms with Gasteiger partial charge in [-0.25, -0.2) is 17.8 Å². The van der Waals surface area contributed by atoms with Gasteiger partial charge in [0.2, 0.25) is 0 Å². The standard InChI is InChI=1S/C11H16FN3O3S/c1-13-10-9(12)8(4-6-14-10)11(16)15-5-3-7-19(2,17)18/h4,6H,3,5,7H2,1-2H3,(H,13,14)(H,15,16). The maximum Gasteiger partial charge on any atom is 0.254 e. The van der Waals surface area contributed by atoms with Gasteiger partial charge < -0.3 is 10.6 Å². The number of carbonyl (C=O) groups is 1. The largest absolute Gasteiger partial charge is 0.371 e. The summed E-state index contributed by atoms with van der Waals surface area (Å²) in [6.45, 7) is 0.169. The Morgan fingerprint density at radius 1 is 1.47 bits per heavy atom. The number of hydrogen-bond acceptors (Lipinski definition) is 5. The number of anilines is 1. The van der Waals surface area contributed by atoms with E-state index >= 15 is 0 Å². The minimum Gasteiger partial charge on any atom is -0.371 e. The van der Waals surface area contributed by atoms with Gasteiger partial charge >= 0.3 is 0 Å². The van der Waals surface area contributed by atoms with Crippen molar-refractivity contribution < 1.29 is 17.6 Å². The Bertz CT molecular complexity index is 560. The highest BCUT2D eigenvalue weighted by atomic mass is 32.2. The van der Waals surface area contributed by atoms with Crippen molar-refractivity contribution >= 4 is 21.6 Å². The fraction of sp³-hybridized carbons (Fsp3) is 0.455. The van der Waals surface area contributed by atoms with Crippen molar-refractivity contribution in [1.82, 2.24) is 10.3 Å². The molecule has 19 heavy (non-hydrogen) atoms. The van der Waals surface area contributed by atoms with Crippen LogP contribution in [0.3, 0.4) is 0 Å². The summed E-state index contributed by atoms with van der Waals surface area (Å²) in [5, 5.41) is 5.00. The first-order valence-electron chi connectivity index (χ1n) is 5.63. The number of carbonyl (C=O) groups excluding carboxylic acids is 1. The average Bonchev–Trinajstić information content (AvgIpc) is 2.33. The van der Waals surface area contributed by atoms with E-state index < -0.39 is 21.6 Å². The minimum absolute atomic E-state index is 0.0104. The van der Waals surface area contributed by atoms with Crippen LogP contribution in [0.1, 0.15) is 16.8 Å². The summed E-state index contributed by atoms with van der Waals surface area (Å²) in [5.41, 5.74) is -0.126. The number of amides is 1. The van der Waals surface area contributed by atoms with Crippen LogP contribution in [0.25, 0.3) is 0 Å². The van der Waals surface area contributed by atoms with Crippen LogP contribution >= 0.6 is 0 Å². The Kier molecular flexibility index (Phi) is 5.22. The summed E-state index contributed by atoms with van der Waals surface area (Å²) >= 11 is 0. The molecule has 1 heterocycles. The highest BCUT2D eigenvalue weighted by molar-refractivity contribution is 7.90. The zero-order chi connectivity index (χ0) is 14.5. The van der Waals surface area contributed by atoms with Gasteiger partial charge in [0.05, 0.1) is 11.3 Å². The number of rotatable bonds is 6. The number of hydrogen-bond donors (Lipinski definition) is 2. The number of halogens is 1. The molecule has 1 amide bonds. The van der Waals surface area contributed by atoms with E-state index in [-0.39, 0.29) is 30.1 Å². The number of aromatic nitrogens is 1. The summed E-state index contributed by atoms with van der Waals surface area (Å²) in [5.74, 6) is -1.35. The fourth-order valence-electron chi connectivity index (χ4n) is 1.42. The molecule has 1 aromatic rings. The van der Waals surface area contributed by atoms with E-state index in [2.05, 4.69) is 15.6 Å². The van der Waals surface area contributed by atoms with Crippen molar-refractivity contribution in [3.05, 3.63) is 23.6 Å². The first-order valence-corrected chi connectivity index (χ1v) is 7.69. The lowest BCUT2D eigenvalue weighted by atomic mass is 10.2. The van der Waals surface area contributed by atoms with Gasteiger partial charge in [0, 0.05) is 26.0 Å². The Labute approximate surface area is 111 Å². The molecule has 0 aliphatic rings. The number of nitrogens with zero attached hydrogens (tertiary/aromatic N) is 1. The first-order chi connectivity index (χ1) is 8.85. The minimum atomic E-state index is -3.05. The van der Waals surface area contributed by atoms with Crippen LogP contribution in [0, 0.1) is 5.82 Å². The van der Waals surface area contributed by atoms with Crippen LogP contribution in [-0.4, -0.2) is 44.9 Å². The van der Waals surface area contributed by atoms with Gasteiger partial charge in [-0.3, -0.25) is 4.79 Å². The molecule has 2 N–H and O–H groups in total. The SMILES string of the molecule is CNc1nccc(C(=O)NCCCS(C)(=O)=O)c1F. The van der Waals surface area contributed by atoms with Gasteiger partial charge in [0.1, 0.15) is 9.84 Å². The van der Waals surface area contributed by atoms with Gasteiger partial charge in [0.25, 0.3) is 5.91 Å². The molecule has 106 valence electrons. The lowest BCUT2D eigenvalue weighted by Crippen LogP contribution is -2.27. The molecule has 0 aromatic carbocycles. The van der Waals surface area contributed by atoms with E-state index in [4.69, 9.17) is 0 Å². The maximum atomic E-state index is 13.7. The summed E-state index contributed by atoms with van der Waals surface area (Å²) in [4.78, 5) is 15.4. The molecule has 0 saturated heterocycles. The Morgan fingerprint density at radius 2 is 2.16 bits per heavy atom. The molecule has 0 radical (unpaired) electrons. The molecule has 0 atom stereocenters. The number of pyridine rings is 1. The highest BCUT2D eigenvalue weighted by Gasteiger charge is 2.15. The molecule has 0 unspecified atom stereocenters. The lowest BCUT2D eigenvalue weighted by molar-refractivity contribution is 0.0949. The van der Waals surface area contributed by atoms with Crippen molar-refractivity contribution in [2.75, 3.05) is 30.9 Å². The summed E-state index contributed by atoms with van der Waals surface area (Å²) < 4.78 is 35.5. The van der Waals surface area contributed by atoms with E-state index in [0.717, 1.165) is 6.26 Å².